The second-order valence-corrected chi connectivity index (χ2v) is 2.22. The van der Waals surface area contributed by atoms with Crippen molar-refractivity contribution in [2.75, 3.05) is 14.1 Å². The molecule has 0 aromatic heterocycles. The van der Waals surface area contributed by atoms with Crippen LogP contribution in [0.25, 0.3) is 0 Å². The Morgan fingerprint density at radius 2 is 1.71 bits per heavy atom. The minimum atomic E-state index is -0.208. The van der Waals surface area contributed by atoms with Crippen molar-refractivity contribution in [1.82, 2.24) is 0 Å². The minimum Gasteiger partial charge on any atom is -0.279 e. The van der Waals surface area contributed by atoms with E-state index in [0.29, 0.717) is 0 Å². The van der Waals surface area contributed by atoms with Crippen LogP contribution in [0.2, 0.25) is 0 Å². The summed E-state index contributed by atoms with van der Waals surface area (Å²) in [5.41, 5.74) is 5.29. The van der Waals surface area contributed by atoms with Crippen molar-refractivity contribution in [2.24, 2.45) is 5.73 Å². The van der Waals surface area contributed by atoms with E-state index in [0.717, 1.165) is 0 Å². The molecular formula is C4H13N2O+. The summed E-state index contributed by atoms with van der Waals surface area (Å²) < 4.78 is -0.167. The molecule has 0 aromatic carbocycles. The molecule has 0 amide bonds. The second kappa shape index (κ2) is 1.78. The first-order valence-corrected chi connectivity index (χ1v) is 2.26. The molecule has 0 spiro atoms. The molecule has 0 fully saturated rings. The lowest BCUT2D eigenvalue weighted by molar-refractivity contribution is -1.09. The lowest BCUT2D eigenvalue weighted by Gasteiger charge is -2.23. The molecule has 3 nitrogen and oxygen atoms in total. The monoisotopic (exact) mass is 105 g/mol. The van der Waals surface area contributed by atoms with Gasteiger partial charge in [0.1, 0.15) is 0 Å². The standard InChI is InChI=1S/C4H13N2O/c1-4(5)6(2,3)7/h4,7H,5H2,1-3H3/q+1. The SMILES string of the molecule is CC(N)[N+](C)(C)O. The van der Waals surface area contributed by atoms with E-state index in [1.807, 2.05) is 0 Å². The Kier molecular flexibility index (Phi) is 1.75. The van der Waals surface area contributed by atoms with Gasteiger partial charge in [-0.3, -0.25) is 5.73 Å². The van der Waals surface area contributed by atoms with Crippen LogP contribution in [0, 0.1) is 0 Å². The number of nitrogens with two attached hydrogens (primary N) is 1. The normalized spacial score (nSPS) is 16.7. The van der Waals surface area contributed by atoms with Gasteiger partial charge in [-0.15, -0.1) is 0 Å². The molecule has 0 saturated carbocycles. The summed E-state index contributed by atoms with van der Waals surface area (Å²) in [6, 6.07) is 0. The fraction of sp³-hybridized carbons (Fsp3) is 1.00. The average molecular weight is 105 g/mol. The summed E-state index contributed by atoms with van der Waals surface area (Å²) in [4.78, 5) is 0. The highest BCUT2D eigenvalue weighted by Crippen LogP contribution is 1.91. The first-order chi connectivity index (χ1) is 2.94. The molecule has 0 aliphatic heterocycles. The van der Waals surface area contributed by atoms with E-state index in [1.54, 1.807) is 21.0 Å². The van der Waals surface area contributed by atoms with Gasteiger partial charge in [0.15, 0.2) is 6.17 Å². The van der Waals surface area contributed by atoms with E-state index in [4.69, 9.17) is 10.9 Å². The molecule has 44 valence electrons. The fourth-order valence-corrected chi connectivity index (χ4v) is 0. The van der Waals surface area contributed by atoms with Crippen molar-refractivity contribution in [3.63, 3.8) is 0 Å². The molecule has 0 aliphatic carbocycles. The van der Waals surface area contributed by atoms with Crippen molar-refractivity contribution < 1.29 is 9.85 Å². The molecule has 3 N–H and O–H groups in total. The van der Waals surface area contributed by atoms with Gasteiger partial charge in [0.2, 0.25) is 0 Å². The van der Waals surface area contributed by atoms with Crippen LogP contribution in [0.1, 0.15) is 6.92 Å². The Bertz CT molecular complexity index is 55.2. The number of hydrogen-bond acceptors (Lipinski definition) is 2. The van der Waals surface area contributed by atoms with Gasteiger partial charge in [-0.25, -0.2) is 5.21 Å². The third-order valence-electron chi connectivity index (χ3n) is 0.997. The minimum absolute atomic E-state index is 0.167. The van der Waals surface area contributed by atoms with Crippen LogP contribution >= 0.6 is 0 Å². The Hall–Kier alpha value is -0.120. The number of hydroxylamine groups is 3. The molecular weight excluding hydrogens is 92.1 g/mol. The van der Waals surface area contributed by atoms with Crippen molar-refractivity contribution in [1.29, 1.82) is 0 Å². The molecule has 0 aromatic rings. The number of rotatable bonds is 1. The number of nitrogens with zero attached hydrogens (tertiary/aromatic N) is 1. The number of hydrogen-bond donors (Lipinski definition) is 2. The van der Waals surface area contributed by atoms with E-state index < -0.39 is 0 Å². The van der Waals surface area contributed by atoms with Crippen molar-refractivity contribution >= 4 is 0 Å². The van der Waals surface area contributed by atoms with Gasteiger partial charge in [0.25, 0.3) is 0 Å². The molecule has 0 rings (SSSR count). The molecule has 0 heterocycles. The first-order valence-electron chi connectivity index (χ1n) is 2.26. The van der Waals surface area contributed by atoms with Crippen molar-refractivity contribution in [2.45, 2.75) is 13.1 Å². The summed E-state index contributed by atoms with van der Waals surface area (Å²) in [6.07, 6.45) is -0.208. The van der Waals surface area contributed by atoms with Crippen molar-refractivity contribution in [3.05, 3.63) is 0 Å². The van der Waals surface area contributed by atoms with Gasteiger partial charge in [-0.2, -0.15) is 4.65 Å². The van der Waals surface area contributed by atoms with E-state index in [-0.39, 0.29) is 10.8 Å². The summed E-state index contributed by atoms with van der Waals surface area (Å²) in [5.74, 6) is 0. The molecule has 1 unspecified atom stereocenters. The molecule has 1 atom stereocenters. The maximum atomic E-state index is 8.91. The highest BCUT2D eigenvalue weighted by Gasteiger charge is 2.15. The van der Waals surface area contributed by atoms with Crippen LogP contribution in [0.4, 0.5) is 0 Å². The lowest BCUT2D eigenvalue weighted by Crippen LogP contribution is -2.49. The second-order valence-electron chi connectivity index (χ2n) is 2.22. The summed E-state index contributed by atoms with van der Waals surface area (Å²) in [7, 11) is 3.26. The van der Waals surface area contributed by atoms with Crippen LogP contribution in [-0.2, 0) is 0 Å². The third-order valence-corrected chi connectivity index (χ3v) is 0.997. The van der Waals surface area contributed by atoms with Crippen LogP contribution in [0.5, 0.6) is 0 Å². The van der Waals surface area contributed by atoms with E-state index in [1.165, 1.54) is 0 Å². The first kappa shape index (κ1) is 6.88. The van der Waals surface area contributed by atoms with Crippen LogP contribution in [0.15, 0.2) is 0 Å². The van der Waals surface area contributed by atoms with E-state index >= 15 is 0 Å². The van der Waals surface area contributed by atoms with Crippen LogP contribution < -0.4 is 5.73 Å². The van der Waals surface area contributed by atoms with E-state index in [2.05, 4.69) is 0 Å². The van der Waals surface area contributed by atoms with Crippen molar-refractivity contribution in [3.8, 4) is 0 Å². The largest absolute Gasteiger partial charge is 0.279 e. The van der Waals surface area contributed by atoms with Gasteiger partial charge in [-0.05, 0) is 0 Å². The molecule has 7 heavy (non-hydrogen) atoms. The fourth-order valence-electron chi connectivity index (χ4n) is 0. The lowest BCUT2D eigenvalue weighted by atomic mass is 10.5. The van der Waals surface area contributed by atoms with Gasteiger partial charge >= 0.3 is 0 Å². The topological polar surface area (TPSA) is 46.2 Å². The van der Waals surface area contributed by atoms with Crippen LogP contribution in [0.3, 0.4) is 0 Å². The zero-order valence-corrected chi connectivity index (χ0v) is 5.05. The third kappa shape index (κ3) is 2.56. The van der Waals surface area contributed by atoms with Gasteiger partial charge in [0, 0.05) is 6.92 Å². The number of quaternary nitrogens is 1. The predicted octanol–water partition coefficient (Wildman–Crippen LogP) is -0.243. The van der Waals surface area contributed by atoms with Gasteiger partial charge in [-0.1, -0.05) is 0 Å². The smallest absolute Gasteiger partial charge is 0.166 e. The Balaban J connectivity index is 3.54. The predicted molar refractivity (Wildman–Crippen MR) is 27.5 cm³/mol. The molecule has 0 bridgehead atoms. The maximum Gasteiger partial charge on any atom is 0.166 e. The quantitative estimate of drug-likeness (QED) is 0.274. The van der Waals surface area contributed by atoms with Gasteiger partial charge in [0.05, 0.1) is 14.1 Å². The molecule has 0 saturated heterocycles. The summed E-state index contributed by atoms with van der Waals surface area (Å²) in [5, 5.41) is 8.91. The van der Waals surface area contributed by atoms with Gasteiger partial charge < -0.3 is 0 Å². The Labute approximate surface area is 43.9 Å². The Morgan fingerprint density at radius 3 is 1.71 bits per heavy atom. The van der Waals surface area contributed by atoms with E-state index in [9.17, 15) is 0 Å². The van der Waals surface area contributed by atoms with Crippen LogP contribution in [-0.4, -0.2) is 30.1 Å². The highest BCUT2D eigenvalue weighted by molar-refractivity contribution is 4.24. The Morgan fingerprint density at radius 1 is 1.57 bits per heavy atom. The molecule has 3 heteroatoms. The zero-order chi connectivity index (χ0) is 6.08. The molecule has 0 aliphatic rings. The summed E-state index contributed by atoms with van der Waals surface area (Å²) in [6.45, 7) is 1.75. The maximum absolute atomic E-state index is 8.91. The highest BCUT2D eigenvalue weighted by atomic mass is 16.5. The summed E-state index contributed by atoms with van der Waals surface area (Å²) >= 11 is 0. The zero-order valence-electron chi connectivity index (χ0n) is 5.05. The average Bonchev–Trinajstić information content (AvgIpc) is 1.31. The molecule has 0 radical (unpaired) electrons.